The van der Waals surface area contributed by atoms with Crippen molar-refractivity contribution >= 4 is 26.9 Å². The molecule has 1 N–H and O–H groups in total. The Labute approximate surface area is 125 Å². The van der Waals surface area contributed by atoms with Crippen LogP contribution in [0.15, 0.2) is 22.7 Å². The molecule has 0 aromatic heterocycles. The van der Waals surface area contributed by atoms with Gasteiger partial charge in [-0.15, -0.1) is 0 Å². The molecule has 8 heteroatoms. The zero-order chi connectivity index (χ0) is 15.7. The molecular formula is C12H14BrF4NOS. The van der Waals surface area contributed by atoms with Crippen molar-refractivity contribution in [3.8, 4) is 0 Å². The molecule has 0 fully saturated rings. The molecule has 0 aliphatic heterocycles. The van der Waals surface area contributed by atoms with Crippen LogP contribution in [0.4, 0.5) is 17.6 Å². The van der Waals surface area contributed by atoms with Crippen LogP contribution >= 0.6 is 15.9 Å². The van der Waals surface area contributed by atoms with Gasteiger partial charge < -0.3 is 0 Å². The molecule has 0 bridgehead atoms. The predicted octanol–water partition coefficient (Wildman–Crippen LogP) is 4.24. The molecule has 0 aliphatic rings. The van der Waals surface area contributed by atoms with Crippen LogP contribution in [0.2, 0.25) is 0 Å². The summed E-state index contributed by atoms with van der Waals surface area (Å²) in [5, 5.41) is 0. The van der Waals surface area contributed by atoms with Crippen LogP contribution in [0.1, 0.15) is 32.4 Å². The number of halogens is 5. The fourth-order valence-electron chi connectivity index (χ4n) is 1.33. The second-order valence-electron chi connectivity index (χ2n) is 5.14. The van der Waals surface area contributed by atoms with E-state index in [4.69, 9.17) is 0 Å². The monoisotopic (exact) mass is 375 g/mol. The zero-order valence-electron chi connectivity index (χ0n) is 11.0. The van der Waals surface area contributed by atoms with Crippen LogP contribution in [0.25, 0.3) is 0 Å². The summed E-state index contributed by atoms with van der Waals surface area (Å²) in [6.07, 6.45) is -4.65. The van der Waals surface area contributed by atoms with Crippen LogP contribution in [-0.4, -0.2) is 15.1 Å². The van der Waals surface area contributed by atoms with Gasteiger partial charge in [0.15, 0.2) is 0 Å². The van der Waals surface area contributed by atoms with E-state index in [1.807, 2.05) is 0 Å². The highest BCUT2D eigenvalue weighted by atomic mass is 79.9. The van der Waals surface area contributed by atoms with Crippen molar-refractivity contribution in [2.75, 3.05) is 0 Å². The molecule has 2 nitrogen and oxygen atoms in total. The highest BCUT2D eigenvalue weighted by Gasteiger charge is 2.43. The molecule has 1 aromatic rings. The van der Waals surface area contributed by atoms with E-state index in [2.05, 4.69) is 20.7 Å². The number of hydrogen-bond acceptors (Lipinski definition) is 1. The molecule has 0 radical (unpaired) electrons. The third-order valence-corrected chi connectivity index (χ3v) is 4.63. The van der Waals surface area contributed by atoms with E-state index in [1.165, 1.54) is 0 Å². The van der Waals surface area contributed by atoms with Gasteiger partial charge in [0.1, 0.15) is 11.9 Å². The maximum Gasteiger partial charge on any atom is 0.408 e. The molecule has 2 atom stereocenters. The van der Waals surface area contributed by atoms with Gasteiger partial charge in [-0.25, -0.2) is 13.3 Å². The summed E-state index contributed by atoms with van der Waals surface area (Å²) in [5.74, 6) is -0.654. The van der Waals surface area contributed by atoms with Crippen molar-refractivity contribution in [3.05, 3.63) is 34.1 Å². The molecule has 1 aromatic carbocycles. The van der Waals surface area contributed by atoms with E-state index in [0.717, 1.165) is 18.2 Å². The first-order valence-electron chi connectivity index (χ1n) is 5.62. The summed E-state index contributed by atoms with van der Waals surface area (Å²) in [4.78, 5) is 0. The van der Waals surface area contributed by atoms with E-state index >= 15 is 0 Å². The minimum Gasteiger partial charge on any atom is -0.242 e. The zero-order valence-corrected chi connectivity index (χ0v) is 13.4. The molecule has 0 amide bonds. The third kappa shape index (κ3) is 4.53. The van der Waals surface area contributed by atoms with Crippen molar-refractivity contribution in [3.63, 3.8) is 0 Å². The Balaban J connectivity index is 3.18. The first kappa shape index (κ1) is 17.6. The summed E-state index contributed by atoms with van der Waals surface area (Å²) in [7, 11) is -1.91. The molecule has 20 heavy (non-hydrogen) atoms. The minimum absolute atomic E-state index is 0.0294. The Bertz CT molecular complexity index is 513. The fourth-order valence-corrected chi connectivity index (χ4v) is 2.73. The molecule has 0 aliphatic carbocycles. The molecule has 0 spiro atoms. The minimum atomic E-state index is -4.65. The Morgan fingerprint density at radius 3 is 2.20 bits per heavy atom. The second kappa shape index (κ2) is 6.11. The Morgan fingerprint density at radius 2 is 1.80 bits per heavy atom. The van der Waals surface area contributed by atoms with Crippen molar-refractivity contribution in [2.24, 2.45) is 0 Å². The number of nitrogens with one attached hydrogen (secondary N) is 1. The molecule has 1 rings (SSSR count). The van der Waals surface area contributed by atoms with Gasteiger partial charge in [0, 0.05) is 4.47 Å². The lowest BCUT2D eigenvalue weighted by Gasteiger charge is -2.26. The Kier molecular flexibility index (Phi) is 5.37. The summed E-state index contributed by atoms with van der Waals surface area (Å²) >= 11 is 2.90. The van der Waals surface area contributed by atoms with Crippen molar-refractivity contribution in [1.82, 2.24) is 4.72 Å². The SMILES string of the molecule is CC(C)(C)S(=O)NC(c1ccc(F)cc1Br)C(F)(F)F. The smallest absolute Gasteiger partial charge is 0.242 e. The van der Waals surface area contributed by atoms with Gasteiger partial charge in [-0.05, 0) is 38.5 Å². The first-order valence-corrected chi connectivity index (χ1v) is 7.57. The maximum atomic E-state index is 13.1. The normalized spacial score (nSPS) is 16.0. The van der Waals surface area contributed by atoms with Crippen LogP contribution in [0.5, 0.6) is 0 Å². The topological polar surface area (TPSA) is 29.1 Å². The lowest BCUT2D eigenvalue weighted by atomic mass is 10.1. The van der Waals surface area contributed by atoms with Gasteiger partial charge in [-0.2, -0.15) is 13.2 Å². The third-order valence-electron chi connectivity index (χ3n) is 2.38. The van der Waals surface area contributed by atoms with Gasteiger partial charge >= 0.3 is 6.18 Å². The lowest BCUT2D eigenvalue weighted by Crippen LogP contribution is -2.41. The molecule has 0 heterocycles. The van der Waals surface area contributed by atoms with E-state index in [-0.39, 0.29) is 10.0 Å². The van der Waals surface area contributed by atoms with E-state index < -0.39 is 33.8 Å². The predicted molar refractivity (Wildman–Crippen MR) is 73.9 cm³/mol. The van der Waals surface area contributed by atoms with Crippen LogP contribution < -0.4 is 4.72 Å². The molecule has 114 valence electrons. The van der Waals surface area contributed by atoms with Crippen molar-refractivity contribution < 1.29 is 21.8 Å². The number of alkyl halides is 3. The number of benzene rings is 1. The van der Waals surface area contributed by atoms with Crippen molar-refractivity contribution in [2.45, 2.75) is 37.7 Å². The van der Waals surface area contributed by atoms with Gasteiger partial charge in [0.05, 0.1) is 15.7 Å². The molecule has 0 saturated carbocycles. The summed E-state index contributed by atoms with van der Waals surface area (Å²) in [5.41, 5.74) is -0.212. The number of hydrogen-bond donors (Lipinski definition) is 1. The average molecular weight is 376 g/mol. The van der Waals surface area contributed by atoms with Gasteiger partial charge in [0.2, 0.25) is 0 Å². The summed E-state index contributed by atoms with van der Waals surface area (Å²) in [6, 6.07) is 0.748. The van der Waals surface area contributed by atoms with Gasteiger partial charge in [-0.1, -0.05) is 22.0 Å². The van der Waals surface area contributed by atoms with E-state index in [1.54, 1.807) is 20.8 Å². The van der Waals surface area contributed by atoms with E-state index in [9.17, 15) is 21.8 Å². The lowest BCUT2D eigenvalue weighted by molar-refractivity contribution is -0.153. The molecule has 2 unspecified atom stereocenters. The number of rotatable bonds is 3. The van der Waals surface area contributed by atoms with Gasteiger partial charge in [-0.3, -0.25) is 0 Å². The Hall–Kier alpha value is -0.470. The first-order chi connectivity index (χ1) is 8.93. The van der Waals surface area contributed by atoms with Crippen LogP contribution in [0.3, 0.4) is 0 Å². The van der Waals surface area contributed by atoms with E-state index in [0.29, 0.717) is 0 Å². The summed E-state index contributed by atoms with van der Waals surface area (Å²) < 4.78 is 65.4. The maximum absolute atomic E-state index is 13.1. The van der Waals surface area contributed by atoms with Gasteiger partial charge in [0.25, 0.3) is 0 Å². The van der Waals surface area contributed by atoms with Crippen molar-refractivity contribution in [1.29, 1.82) is 0 Å². The standard InChI is InChI=1S/C12H14BrF4NOS/c1-11(2,3)20(19)18-10(12(15,16)17)8-5-4-7(14)6-9(8)13/h4-6,10,18H,1-3H3. The average Bonchev–Trinajstić information content (AvgIpc) is 2.23. The highest BCUT2D eigenvalue weighted by Crippen LogP contribution is 2.37. The van der Waals surface area contributed by atoms with Crippen LogP contribution in [-0.2, 0) is 11.0 Å². The quantitative estimate of drug-likeness (QED) is 0.786. The molecular weight excluding hydrogens is 362 g/mol. The molecule has 0 saturated heterocycles. The fraction of sp³-hybridized carbons (Fsp3) is 0.500. The largest absolute Gasteiger partial charge is 0.408 e. The highest BCUT2D eigenvalue weighted by molar-refractivity contribution is 9.10. The second-order valence-corrected chi connectivity index (χ2v) is 7.99. The Morgan fingerprint density at radius 1 is 1.25 bits per heavy atom. The summed E-state index contributed by atoms with van der Waals surface area (Å²) in [6.45, 7) is 4.68. The van der Waals surface area contributed by atoms with Crippen LogP contribution in [0, 0.1) is 5.82 Å².